The van der Waals surface area contributed by atoms with Crippen LogP contribution < -0.4 is 24.8 Å². The van der Waals surface area contributed by atoms with Crippen LogP contribution in [0.1, 0.15) is 20.3 Å². The first-order valence-electron chi connectivity index (χ1n) is 3.98. The zero-order valence-corrected chi connectivity index (χ0v) is 13.7. The summed E-state index contributed by atoms with van der Waals surface area (Å²) in [5, 5.41) is 1.76. The molecule has 0 unspecified atom stereocenters. The normalized spacial score (nSPS) is 14.4. The van der Waals surface area contributed by atoms with Crippen LogP contribution in [-0.2, 0) is 26.2 Å². The van der Waals surface area contributed by atoms with E-state index in [2.05, 4.69) is 33.0 Å². The fourth-order valence-corrected chi connectivity index (χ4v) is 3.34. The summed E-state index contributed by atoms with van der Waals surface area (Å²) in [5.74, 6) is 0. The molecule has 0 aliphatic heterocycles. The van der Waals surface area contributed by atoms with Crippen molar-refractivity contribution in [1.82, 2.24) is 0 Å². The second-order valence-electron chi connectivity index (χ2n) is 3.53. The minimum Gasteiger partial charge on any atom is -1.00 e. The van der Waals surface area contributed by atoms with Crippen molar-refractivity contribution in [3.63, 3.8) is 0 Å². The fraction of sp³-hybridized carbons (Fsp3) is 0.556. The molecule has 74 valence electrons. The second-order valence-corrected chi connectivity index (χ2v) is 6.54. The Morgan fingerprint density at radius 1 is 1.15 bits per heavy atom. The van der Waals surface area contributed by atoms with Crippen molar-refractivity contribution in [2.24, 2.45) is 0 Å². The van der Waals surface area contributed by atoms with E-state index in [9.17, 15) is 0 Å². The maximum absolute atomic E-state index is 2.41. The third kappa shape index (κ3) is 5.57. The van der Waals surface area contributed by atoms with Crippen molar-refractivity contribution in [2.75, 3.05) is 0 Å². The molecule has 1 rings (SSSR count). The predicted octanol–water partition coefficient (Wildman–Crippen LogP) is -3.32. The molecule has 0 radical (unpaired) electrons. The molecule has 1 aliphatic rings. The monoisotopic (exact) mass is 312 g/mol. The number of hydrogen-bond donors (Lipinski definition) is 0. The van der Waals surface area contributed by atoms with E-state index in [0.717, 1.165) is 0 Å². The Labute approximate surface area is 115 Å². The Morgan fingerprint density at radius 3 is 1.77 bits per heavy atom. The quantitative estimate of drug-likeness (QED) is 0.445. The Balaban J connectivity index is -0.000000333. The van der Waals surface area contributed by atoms with E-state index in [1.165, 1.54) is 6.42 Å². The van der Waals surface area contributed by atoms with E-state index in [1.807, 2.05) is 0 Å². The zero-order chi connectivity index (χ0) is 7.72. The molecule has 0 aromatic rings. The van der Waals surface area contributed by atoms with Crippen LogP contribution in [0.5, 0.6) is 0 Å². The van der Waals surface area contributed by atoms with Crippen LogP contribution in [0.25, 0.3) is 0 Å². The van der Waals surface area contributed by atoms with Crippen LogP contribution in [0.3, 0.4) is 0 Å². The van der Waals surface area contributed by atoms with Gasteiger partial charge >= 0.3 is 26.2 Å². The van der Waals surface area contributed by atoms with Crippen LogP contribution in [0.4, 0.5) is 0 Å². The van der Waals surface area contributed by atoms with Gasteiger partial charge in [-0.05, 0) is 20.3 Å². The molecule has 0 saturated carbocycles. The van der Waals surface area contributed by atoms with Crippen LogP contribution >= 0.6 is 0 Å². The van der Waals surface area contributed by atoms with Crippen molar-refractivity contribution >= 4 is 8.80 Å². The van der Waals surface area contributed by atoms with Gasteiger partial charge in [-0.3, -0.25) is 0 Å². The van der Waals surface area contributed by atoms with Crippen molar-refractivity contribution in [2.45, 2.75) is 33.4 Å². The van der Waals surface area contributed by atoms with Gasteiger partial charge in [0, 0.05) is 0 Å². The smallest absolute Gasteiger partial charge is 1.00 e. The van der Waals surface area contributed by atoms with E-state index >= 15 is 0 Å². The number of rotatable bonds is 1. The minimum absolute atomic E-state index is 0. The maximum atomic E-state index is 2.41. The van der Waals surface area contributed by atoms with Gasteiger partial charge in [0.15, 0.2) is 0 Å². The van der Waals surface area contributed by atoms with Crippen molar-refractivity contribution in [3.8, 4) is 0 Å². The van der Waals surface area contributed by atoms with Gasteiger partial charge in [0.2, 0.25) is 0 Å². The Hall–Kier alpha value is 1.16. The number of hydrogen-bond acceptors (Lipinski definition) is 0. The van der Waals surface area contributed by atoms with Gasteiger partial charge in [-0.1, -0.05) is 35.5 Å². The summed E-state index contributed by atoms with van der Waals surface area (Å²) in [6, 6.07) is 0. The summed E-state index contributed by atoms with van der Waals surface area (Å²) in [5.41, 5.74) is 3.10. The molecule has 0 nitrogen and oxygen atoms in total. The molecule has 13 heavy (non-hydrogen) atoms. The third-order valence-corrected chi connectivity index (χ3v) is 4.19. The summed E-state index contributed by atoms with van der Waals surface area (Å²) in [6.07, 6.45) is 3.61. The number of allylic oxidation sites excluding steroid dienone is 4. The first kappa shape index (κ1) is 19.7. The molecule has 0 heterocycles. The molecule has 0 aromatic heterocycles. The summed E-state index contributed by atoms with van der Waals surface area (Å²) >= 11 is 0. The Bertz CT molecular complexity index is 210. The van der Waals surface area contributed by atoms with Crippen molar-refractivity contribution in [1.29, 1.82) is 0 Å². The van der Waals surface area contributed by atoms with E-state index in [-0.39, 0.29) is 51.0 Å². The maximum Gasteiger partial charge on any atom is 2.00 e. The standard InChI is InChI=1S/C9H16Si.2ClH.Zr/c1-7-5-8(2)9(6-7)10(3)4;;;/h5,10H,6H2,1-4H3;2*1H;/q;;;+2/p-2. The SMILES string of the molecule is CC1=CC(C)=C([SiH](C)C)C1.[Cl-].[Cl-].[Zr+2]. The minimum atomic E-state index is -0.492. The van der Waals surface area contributed by atoms with E-state index in [4.69, 9.17) is 0 Å². The molecule has 1 aliphatic carbocycles. The zero-order valence-electron chi connectivity index (χ0n) is 8.62. The van der Waals surface area contributed by atoms with Crippen LogP contribution in [-0.4, -0.2) is 8.80 Å². The molecule has 0 atom stereocenters. The topological polar surface area (TPSA) is 0 Å². The summed E-state index contributed by atoms with van der Waals surface area (Å²) < 4.78 is 0. The van der Waals surface area contributed by atoms with E-state index in [1.54, 1.807) is 16.3 Å². The van der Waals surface area contributed by atoms with Gasteiger partial charge in [-0.2, -0.15) is 0 Å². The molecule has 4 heteroatoms. The molecule has 0 amide bonds. The van der Waals surface area contributed by atoms with Crippen molar-refractivity contribution in [3.05, 3.63) is 22.4 Å². The first-order chi connectivity index (χ1) is 4.61. The van der Waals surface area contributed by atoms with Gasteiger partial charge < -0.3 is 24.8 Å². The average molecular weight is 314 g/mol. The van der Waals surface area contributed by atoms with Crippen LogP contribution in [0.15, 0.2) is 22.4 Å². The Kier molecular flexibility index (Phi) is 12.8. The molecular formula is C9H16Cl2SiZr. The number of halogens is 2. The molecule has 0 saturated heterocycles. The van der Waals surface area contributed by atoms with Gasteiger partial charge in [-0.15, -0.1) is 0 Å². The summed E-state index contributed by atoms with van der Waals surface area (Å²) in [7, 11) is -0.492. The molecule has 0 bridgehead atoms. The third-order valence-electron chi connectivity index (χ3n) is 2.14. The Morgan fingerprint density at radius 2 is 1.62 bits per heavy atom. The van der Waals surface area contributed by atoms with Gasteiger partial charge in [0.25, 0.3) is 0 Å². The summed E-state index contributed by atoms with van der Waals surface area (Å²) in [6.45, 7) is 9.29. The molecule has 0 aromatic carbocycles. The van der Waals surface area contributed by atoms with Crippen molar-refractivity contribution < 1.29 is 51.0 Å². The second kappa shape index (κ2) is 8.47. The summed E-state index contributed by atoms with van der Waals surface area (Å²) in [4.78, 5) is 0. The molecule has 0 spiro atoms. The van der Waals surface area contributed by atoms with Gasteiger partial charge in [0.1, 0.15) is 0 Å². The fourth-order valence-electron chi connectivity index (χ4n) is 1.61. The molecule has 0 fully saturated rings. The van der Waals surface area contributed by atoms with Gasteiger partial charge in [0.05, 0.1) is 8.80 Å². The average Bonchev–Trinajstić information content (AvgIpc) is 2.10. The van der Waals surface area contributed by atoms with Gasteiger partial charge in [-0.25, -0.2) is 0 Å². The van der Waals surface area contributed by atoms with E-state index in [0.29, 0.717) is 0 Å². The molecule has 0 N–H and O–H groups in total. The first-order valence-corrected chi connectivity index (χ1v) is 6.86. The van der Waals surface area contributed by atoms with Crippen LogP contribution in [0, 0.1) is 0 Å². The van der Waals surface area contributed by atoms with E-state index < -0.39 is 8.80 Å². The molecular weight excluding hydrogens is 298 g/mol. The van der Waals surface area contributed by atoms with Crippen LogP contribution in [0.2, 0.25) is 13.1 Å². The predicted molar refractivity (Wildman–Crippen MR) is 50.0 cm³/mol. The largest absolute Gasteiger partial charge is 2.00 e.